The summed E-state index contributed by atoms with van der Waals surface area (Å²) in [4.78, 5) is 12.8. The van der Waals surface area contributed by atoms with Crippen LogP contribution in [0.25, 0.3) is 11.0 Å². The molecular weight excluding hydrogens is 344 g/mol. The SMILES string of the molecule is C[C@]1(c2cc(=O)c3ccccc3o2)Cc2ccccc2C[C@@H]1c1ccccc1. The first-order chi connectivity index (χ1) is 13.6. The van der Waals surface area contributed by atoms with Gasteiger partial charge >= 0.3 is 0 Å². The van der Waals surface area contributed by atoms with E-state index in [-0.39, 0.29) is 16.8 Å². The molecule has 0 unspecified atom stereocenters. The quantitative estimate of drug-likeness (QED) is 0.460. The minimum atomic E-state index is -0.293. The van der Waals surface area contributed by atoms with Gasteiger partial charge in [0.05, 0.1) is 5.39 Å². The summed E-state index contributed by atoms with van der Waals surface area (Å²) in [5.74, 6) is 1.02. The summed E-state index contributed by atoms with van der Waals surface area (Å²) in [6.45, 7) is 2.24. The van der Waals surface area contributed by atoms with E-state index < -0.39 is 0 Å². The maximum Gasteiger partial charge on any atom is 0.192 e. The van der Waals surface area contributed by atoms with E-state index in [2.05, 4.69) is 55.5 Å². The van der Waals surface area contributed by atoms with Gasteiger partial charge in [-0.3, -0.25) is 4.79 Å². The second-order valence-corrected chi connectivity index (χ2v) is 8.00. The van der Waals surface area contributed by atoms with E-state index in [0.29, 0.717) is 11.0 Å². The van der Waals surface area contributed by atoms with E-state index in [0.717, 1.165) is 18.6 Å². The average molecular weight is 366 g/mol. The molecule has 1 aromatic heterocycles. The van der Waals surface area contributed by atoms with Crippen LogP contribution in [0.4, 0.5) is 0 Å². The summed E-state index contributed by atoms with van der Waals surface area (Å²) < 4.78 is 6.35. The van der Waals surface area contributed by atoms with Crippen LogP contribution < -0.4 is 5.43 Å². The van der Waals surface area contributed by atoms with Crippen LogP contribution in [-0.4, -0.2) is 0 Å². The van der Waals surface area contributed by atoms with Gasteiger partial charge in [-0.2, -0.15) is 0 Å². The van der Waals surface area contributed by atoms with Crippen LogP contribution in [0.15, 0.2) is 94.1 Å². The topological polar surface area (TPSA) is 30.2 Å². The predicted octanol–water partition coefficient (Wildman–Crippen LogP) is 5.63. The van der Waals surface area contributed by atoms with E-state index in [1.54, 1.807) is 6.07 Å². The summed E-state index contributed by atoms with van der Waals surface area (Å²) in [5, 5.41) is 0.641. The second kappa shape index (κ2) is 6.49. The molecule has 2 atom stereocenters. The molecule has 3 aromatic carbocycles. The van der Waals surface area contributed by atoms with E-state index in [4.69, 9.17) is 4.42 Å². The maximum absolute atomic E-state index is 12.8. The van der Waals surface area contributed by atoms with Gasteiger partial charge in [0.2, 0.25) is 0 Å². The van der Waals surface area contributed by atoms with E-state index in [9.17, 15) is 4.79 Å². The molecule has 0 fully saturated rings. The molecule has 1 aliphatic carbocycles. The van der Waals surface area contributed by atoms with Crippen LogP contribution in [-0.2, 0) is 18.3 Å². The number of rotatable bonds is 2. The Kier molecular flexibility index (Phi) is 3.94. The van der Waals surface area contributed by atoms with Crippen LogP contribution in [0.5, 0.6) is 0 Å². The van der Waals surface area contributed by atoms with Crippen molar-refractivity contribution in [2.75, 3.05) is 0 Å². The Bertz CT molecular complexity index is 1210. The van der Waals surface area contributed by atoms with Gasteiger partial charge in [0.25, 0.3) is 0 Å². The van der Waals surface area contributed by atoms with Gasteiger partial charge in [-0.1, -0.05) is 73.7 Å². The van der Waals surface area contributed by atoms with E-state index in [1.807, 2.05) is 30.3 Å². The Morgan fingerprint density at radius 1 is 0.857 bits per heavy atom. The van der Waals surface area contributed by atoms with Crippen LogP contribution in [0.2, 0.25) is 0 Å². The van der Waals surface area contributed by atoms with Crippen molar-refractivity contribution in [1.82, 2.24) is 0 Å². The molecule has 1 heterocycles. The third-order valence-electron chi connectivity index (χ3n) is 6.27. The van der Waals surface area contributed by atoms with Crippen molar-refractivity contribution in [3.05, 3.63) is 118 Å². The number of benzene rings is 3. The molecule has 28 heavy (non-hydrogen) atoms. The highest BCUT2D eigenvalue weighted by molar-refractivity contribution is 5.76. The molecule has 2 nitrogen and oxygen atoms in total. The third-order valence-corrected chi connectivity index (χ3v) is 6.27. The zero-order valence-electron chi connectivity index (χ0n) is 15.9. The van der Waals surface area contributed by atoms with Gasteiger partial charge in [0.15, 0.2) is 5.43 Å². The van der Waals surface area contributed by atoms with Gasteiger partial charge in [-0.05, 0) is 41.7 Å². The van der Waals surface area contributed by atoms with Crippen molar-refractivity contribution in [2.45, 2.75) is 31.1 Å². The highest BCUT2D eigenvalue weighted by Crippen LogP contribution is 2.47. The minimum Gasteiger partial charge on any atom is -0.460 e. The highest BCUT2D eigenvalue weighted by Gasteiger charge is 2.43. The van der Waals surface area contributed by atoms with Crippen molar-refractivity contribution in [2.24, 2.45) is 0 Å². The van der Waals surface area contributed by atoms with E-state index in [1.165, 1.54) is 16.7 Å². The first kappa shape index (κ1) is 17.0. The lowest BCUT2D eigenvalue weighted by molar-refractivity contribution is 0.287. The first-order valence-corrected chi connectivity index (χ1v) is 9.80. The molecular formula is C26H22O2. The molecule has 1 aliphatic rings. The Morgan fingerprint density at radius 3 is 2.36 bits per heavy atom. The molecule has 0 spiro atoms. The minimum absolute atomic E-state index is 0.0312. The summed E-state index contributed by atoms with van der Waals surface area (Å²) in [6, 6.07) is 28.5. The summed E-state index contributed by atoms with van der Waals surface area (Å²) in [6.07, 6.45) is 1.79. The second-order valence-electron chi connectivity index (χ2n) is 8.00. The lowest BCUT2D eigenvalue weighted by Crippen LogP contribution is -2.38. The van der Waals surface area contributed by atoms with Crippen LogP contribution in [0.1, 0.15) is 35.3 Å². The normalized spacial score (nSPS) is 21.4. The maximum atomic E-state index is 12.8. The van der Waals surface area contributed by atoms with Crippen LogP contribution in [0, 0.1) is 0 Å². The molecule has 0 bridgehead atoms. The van der Waals surface area contributed by atoms with Gasteiger partial charge in [-0.15, -0.1) is 0 Å². The van der Waals surface area contributed by atoms with Crippen molar-refractivity contribution in [3.8, 4) is 0 Å². The summed E-state index contributed by atoms with van der Waals surface area (Å²) in [5.41, 5.74) is 4.42. The Hall–Kier alpha value is -3.13. The van der Waals surface area contributed by atoms with Crippen LogP contribution in [0.3, 0.4) is 0 Å². The average Bonchev–Trinajstić information content (AvgIpc) is 2.74. The first-order valence-electron chi connectivity index (χ1n) is 9.80. The zero-order chi connectivity index (χ0) is 19.1. The van der Waals surface area contributed by atoms with Gasteiger partial charge in [0, 0.05) is 17.4 Å². The number of para-hydroxylation sites is 1. The molecule has 0 aliphatic heterocycles. The molecule has 138 valence electrons. The Balaban J connectivity index is 1.73. The van der Waals surface area contributed by atoms with Gasteiger partial charge in [0.1, 0.15) is 11.3 Å². The molecule has 0 saturated carbocycles. The number of hydrogen-bond donors (Lipinski definition) is 0. The number of fused-ring (bicyclic) bond motifs is 2. The van der Waals surface area contributed by atoms with Crippen LogP contribution >= 0.6 is 0 Å². The monoisotopic (exact) mass is 366 g/mol. The van der Waals surface area contributed by atoms with E-state index >= 15 is 0 Å². The van der Waals surface area contributed by atoms with Gasteiger partial charge in [-0.25, -0.2) is 0 Å². The van der Waals surface area contributed by atoms with Crippen molar-refractivity contribution >= 4 is 11.0 Å². The fraction of sp³-hybridized carbons (Fsp3) is 0.192. The standard InChI is InChI=1S/C26H22O2/c1-26(25-16-23(27)21-13-7-8-14-24(21)28-25)17-20-12-6-5-11-19(20)15-22(26)18-9-3-2-4-10-18/h2-14,16,22H,15,17H2,1H3/t22-,26+/m1/s1. The molecule has 2 heteroatoms. The lowest BCUT2D eigenvalue weighted by Gasteiger charge is -2.42. The van der Waals surface area contributed by atoms with Crippen molar-refractivity contribution in [3.63, 3.8) is 0 Å². The Morgan fingerprint density at radius 2 is 1.54 bits per heavy atom. The number of hydrogen-bond acceptors (Lipinski definition) is 2. The summed E-state index contributed by atoms with van der Waals surface area (Å²) >= 11 is 0. The predicted molar refractivity (Wildman–Crippen MR) is 113 cm³/mol. The molecule has 0 radical (unpaired) electrons. The zero-order valence-corrected chi connectivity index (χ0v) is 15.9. The van der Waals surface area contributed by atoms with Gasteiger partial charge < -0.3 is 4.42 Å². The smallest absolute Gasteiger partial charge is 0.192 e. The highest BCUT2D eigenvalue weighted by atomic mass is 16.3. The fourth-order valence-electron chi connectivity index (χ4n) is 4.71. The molecule has 0 amide bonds. The molecule has 4 aromatic rings. The fourth-order valence-corrected chi connectivity index (χ4v) is 4.71. The molecule has 5 rings (SSSR count). The Labute approximate surface area is 164 Å². The molecule has 0 saturated heterocycles. The molecule has 0 N–H and O–H groups in total. The largest absolute Gasteiger partial charge is 0.460 e. The summed E-state index contributed by atoms with van der Waals surface area (Å²) in [7, 11) is 0. The van der Waals surface area contributed by atoms with Crippen molar-refractivity contribution < 1.29 is 4.42 Å². The third kappa shape index (κ3) is 2.68. The lowest BCUT2D eigenvalue weighted by atomic mass is 9.62. The van der Waals surface area contributed by atoms with Crippen molar-refractivity contribution in [1.29, 1.82) is 0 Å².